The molecule has 0 aromatic heterocycles. The highest BCUT2D eigenvalue weighted by molar-refractivity contribution is 7.89. The maximum atomic E-state index is 13.2. The van der Waals surface area contributed by atoms with Crippen molar-refractivity contribution in [3.05, 3.63) is 58.9 Å². The van der Waals surface area contributed by atoms with Crippen molar-refractivity contribution in [1.29, 1.82) is 0 Å². The molecule has 1 amide bonds. The van der Waals surface area contributed by atoms with Crippen molar-refractivity contribution in [2.75, 3.05) is 44.2 Å². The molecule has 9 heteroatoms. The number of anilines is 1. The van der Waals surface area contributed by atoms with Crippen LogP contribution in [0.15, 0.2) is 47.4 Å². The molecular formula is C23H27ClFN3O3S. The van der Waals surface area contributed by atoms with Gasteiger partial charge in [-0.05, 0) is 55.3 Å². The van der Waals surface area contributed by atoms with E-state index >= 15 is 0 Å². The molecule has 0 bridgehead atoms. The summed E-state index contributed by atoms with van der Waals surface area (Å²) in [5.74, 6) is -0.496. The van der Waals surface area contributed by atoms with Gasteiger partial charge in [-0.15, -0.1) is 0 Å². The quantitative estimate of drug-likeness (QED) is 0.665. The number of piperazine rings is 1. The second-order valence-corrected chi connectivity index (χ2v) is 10.5. The van der Waals surface area contributed by atoms with Crippen LogP contribution in [0.25, 0.3) is 0 Å². The number of benzene rings is 2. The van der Waals surface area contributed by atoms with Gasteiger partial charge in [0.05, 0.1) is 5.02 Å². The molecule has 6 nitrogen and oxygen atoms in total. The van der Waals surface area contributed by atoms with E-state index in [-0.39, 0.29) is 21.6 Å². The lowest BCUT2D eigenvalue weighted by Gasteiger charge is -2.36. The Morgan fingerprint density at radius 2 is 1.47 bits per heavy atom. The first-order valence-corrected chi connectivity index (χ1v) is 12.8. The summed E-state index contributed by atoms with van der Waals surface area (Å²) in [6.07, 6.45) is 3.69. The molecule has 2 fully saturated rings. The minimum atomic E-state index is -3.76. The molecule has 2 saturated heterocycles. The molecule has 0 spiro atoms. The Morgan fingerprint density at radius 3 is 2.09 bits per heavy atom. The molecule has 2 aromatic carbocycles. The number of carbonyl (C=O) groups is 1. The lowest BCUT2D eigenvalue weighted by Crippen LogP contribution is -2.48. The van der Waals surface area contributed by atoms with Gasteiger partial charge >= 0.3 is 0 Å². The highest BCUT2D eigenvalue weighted by atomic mass is 35.5. The summed E-state index contributed by atoms with van der Waals surface area (Å²) in [6, 6.07) is 10.8. The second kappa shape index (κ2) is 9.77. The van der Waals surface area contributed by atoms with E-state index in [1.807, 2.05) is 0 Å². The fourth-order valence-corrected chi connectivity index (χ4v) is 6.27. The highest BCUT2D eigenvalue weighted by Crippen LogP contribution is 2.28. The monoisotopic (exact) mass is 479 g/mol. The molecule has 2 heterocycles. The van der Waals surface area contributed by atoms with Crippen LogP contribution in [0, 0.1) is 5.82 Å². The van der Waals surface area contributed by atoms with Crippen molar-refractivity contribution in [2.24, 2.45) is 0 Å². The maximum absolute atomic E-state index is 13.2. The summed E-state index contributed by atoms with van der Waals surface area (Å²) in [5.41, 5.74) is 1.23. The number of nitrogens with zero attached hydrogens (tertiary/aromatic N) is 3. The Bertz CT molecular complexity index is 1060. The third-order valence-corrected chi connectivity index (χ3v) is 8.50. The first-order valence-electron chi connectivity index (χ1n) is 11.0. The average Bonchev–Trinajstić information content (AvgIpc) is 3.10. The zero-order valence-electron chi connectivity index (χ0n) is 17.8. The summed E-state index contributed by atoms with van der Waals surface area (Å²) >= 11 is 6.27. The number of amides is 1. The van der Waals surface area contributed by atoms with E-state index in [0.29, 0.717) is 44.8 Å². The van der Waals surface area contributed by atoms with E-state index < -0.39 is 10.0 Å². The number of carbonyl (C=O) groups excluding carboxylic acids is 1. The van der Waals surface area contributed by atoms with Crippen LogP contribution in [0.4, 0.5) is 10.1 Å². The van der Waals surface area contributed by atoms with Gasteiger partial charge in [0.2, 0.25) is 10.0 Å². The summed E-state index contributed by atoms with van der Waals surface area (Å²) in [5, 5.41) is 0.131. The second-order valence-electron chi connectivity index (χ2n) is 8.22. The lowest BCUT2D eigenvalue weighted by molar-refractivity contribution is 0.0746. The van der Waals surface area contributed by atoms with Crippen LogP contribution in [0.3, 0.4) is 0 Å². The van der Waals surface area contributed by atoms with E-state index in [1.165, 1.54) is 28.6 Å². The first-order chi connectivity index (χ1) is 15.4. The van der Waals surface area contributed by atoms with Gasteiger partial charge in [0, 0.05) is 50.5 Å². The van der Waals surface area contributed by atoms with Gasteiger partial charge in [-0.3, -0.25) is 4.79 Å². The third-order valence-electron chi connectivity index (χ3n) is 6.12. The molecule has 0 radical (unpaired) electrons. The van der Waals surface area contributed by atoms with Gasteiger partial charge in [-0.25, -0.2) is 12.8 Å². The van der Waals surface area contributed by atoms with Crippen LogP contribution in [0.1, 0.15) is 36.0 Å². The molecule has 32 heavy (non-hydrogen) atoms. The first kappa shape index (κ1) is 23.0. The minimum Gasteiger partial charge on any atom is -0.368 e. The molecule has 2 aliphatic rings. The number of hydrogen-bond acceptors (Lipinski definition) is 4. The smallest absolute Gasteiger partial charge is 0.254 e. The SMILES string of the molecule is O=C(c1ccc(Cl)c(S(=O)(=O)N2CCCCCC2)c1)N1CCN(c2ccc(F)cc2)CC1. The molecular weight excluding hydrogens is 453 g/mol. The number of hydrogen-bond donors (Lipinski definition) is 0. The van der Waals surface area contributed by atoms with E-state index in [0.717, 1.165) is 31.4 Å². The van der Waals surface area contributed by atoms with Crippen LogP contribution in [-0.4, -0.2) is 62.8 Å². The highest BCUT2D eigenvalue weighted by Gasteiger charge is 2.29. The summed E-state index contributed by atoms with van der Waals surface area (Å²) in [4.78, 5) is 16.9. The largest absolute Gasteiger partial charge is 0.368 e. The fraction of sp³-hybridized carbons (Fsp3) is 0.435. The molecule has 2 aromatic rings. The zero-order chi connectivity index (χ0) is 22.7. The fourth-order valence-electron chi connectivity index (χ4n) is 4.26. The van der Waals surface area contributed by atoms with Crippen molar-refractivity contribution in [3.8, 4) is 0 Å². The van der Waals surface area contributed by atoms with Crippen LogP contribution in [-0.2, 0) is 10.0 Å². The molecule has 0 atom stereocenters. The minimum absolute atomic E-state index is 0.00290. The van der Waals surface area contributed by atoms with Crippen LogP contribution < -0.4 is 4.90 Å². The topological polar surface area (TPSA) is 60.9 Å². The van der Waals surface area contributed by atoms with Gasteiger partial charge in [0.1, 0.15) is 10.7 Å². The Hall–Kier alpha value is -2.16. The van der Waals surface area contributed by atoms with Crippen LogP contribution in [0.2, 0.25) is 5.02 Å². The third kappa shape index (κ3) is 4.92. The van der Waals surface area contributed by atoms with E-state index in [1.54, 1.807) is 23.1 Å². The van der Waals surface area contributed by atoms with E-state index in [9.17, 15) is 17.6 Å². The van der Waals surface area contributed by atoms with Gasteiger partial charge in [-0.1, -0.05) is 24.4 Å². The summed E-state index contributed by atoms with van der Waals surface area (Å²) in [7, 11) is -3.76. The van der Waals surface area contributed by atoms with Gasteiger partial charge in [0.25, 0.3) is 5.91 Å². The molecule has 0 N–H and O–H groups in total. The predicted molar refractivity (Wildman–Crippen MR) is 123 cm³/mol. The van der Waals surface area contributed by atoms with E-state index in [2.05, 4.69) is 4.90 Å². The lowest BCUT2D eigenvalue weighted by atomic mass is 10.1. The summed E-state index contributed by atoms with van der Waals surface area (Å²) in [6.45, 7) is 3.16. The summed E-state index contributed by atoms with van der Waals surface area (Å²) < 4.78 is 41.1. The molecule has 0 aliphatic carbocycles. The van der Waals surface area contributed by atoms with Crippen LogP contribution in [0.5, 0.6) is 0 Å². The standard InChI is InChI=1S/C23H27ClFN3O3S/c24-21-10-5-18(17-22(21)32(30,31)28-11-3-1-2-4-12-28)23(29)27-15-13-26(14-16-27)20-8-6-19(25)7-9-20/h5-10,17H,1-4,11-16H2. The Kier molecular flexibility index (Phi) is 7.02. The van der Waals surface area contributed by atoms with E-state index in [4.69, 9.17) is 11.6 Å². The van der Waals surface area contributed by atoms with Crippen molar-refractivity contribution in [1.82, 2.24) is 9.21 Å². The molecule has 4 rings (SSSR count). The zero-order valence-corrected chi connectivity index (χ0v) is 19.4. The normalized spacial score (nSPS) is 18.4. The Labute approximate surface area is 193 Å². The predicted octanol–water partition coefficient (Wildman–Crippen LogP) is 4.01. The van der Waals surface area contributed by atoms with Crippen molar-refractivity contribution in [3.63, 3.8) is 0 Å². The average molecular weight is 480 g/mol. The van der Waals surface area contributed by atoms with Gasteiger partial charge in [0.15, 0.2) is 0 Å². The number of sulfonamides is 1. The molecule has 172 valence electrons. The van der Waals surface area contributed by atoms with Gasteiger partial charge in [-0.2, -0.15) is 4.31 Å². The van der Waals surface area contributed by atoms with Gasteiger partial charge < -0.3 is 9.80 Å². The maximum Gasteiger partial charge on any atom is 0.254 e. The Morgan fingerprint density at radius 1 is 0.844 bits per heavy atom. The molecule has 2 aliphatic heterocycles. The Balaban J connectivity index is 1.48. The van der Waals surface area contributed by atoms with Crippen molar-refractivity contribution in [2.45, 2.75) is 30.6 Å². The number of rotatable bonds is 4. The van der Waals surface area contributed by atoms with Crippen molar-refractivity contribution < 1.29 is 17.6 Å². The van der Waals surface area contributed by atoms with Crippen LogP contribution >= 0.6 is 11.6 Å². The van der Waals surface area contributed by atoms with Crippen molar-refractivity contribution >= 4 is 33.2 Å². The number of halogens is 2. The molecule has 0 saturated carbocycles. The molecule has 0 unspecified atom stereocenters.